The molecule has 2 bridgehead atoms. The summed E-state index contributed by atoms with van der Waals surface area (Å²) in [6.45, 7) is 1.77. The highest BCUT2D eigenvalue weighted by Crippen LogP contribution is 2.30. The van der Waals surface area contributed by atoms with E-state index in [2.05, 4.69) is 5.32 Å². The summed E-state index contributed by atoms with van der Waals surface area (Å²) in [7, 11) is 0. The van der Waals surface area contributed by atoms with Gasteiger partial charge in [0, 0.05) is 34.8 Å². The SMILES string of the molecule is O=C(c1ccc(Cl)cc1)c1ccccc1C(=O)N1C2CCNCC1CC2. The molecular formula is C21H21ClN2O2. The van der Waals surface area contributed by atoms with Gasteiger partial charge in [-0.2, -0.15) is 0 Å². The van der Waals surface area contributed by atoms with E-state index >= 15 is 0 Å². The normalized spacial score (nSPS) is 22.1. The van der Waals surface area contributed by atoms with Gasteiger partial charge in [0.25, 0.3) is 5.91 Å². The summed E-state index contributed by atoms with van der Waals surface area (Å²) >= 11 is 5.92. The molecule has 0 saturated carbocycles. The molecule has 2 saturated heterocycles. The molecule has 2 aromatic carbocycles. The first-order valence-electron chi connectivity index (χ1n) is 9.08. The van der Waals surface area contributed by atoms with E-state index in [1.165, 1.54) is 0 Å². The largest absolute Gasteiger partial charge is 0.331 e. The molecule has 2 aliphatic heterocycles. The third-order valence-corrected chi connectivity index (χ3v) is 5.65. The van der Waals surface area contributed by atoms with Crippen molar-refractivity contribution in [3.8, 4) is 0 Å². The number of ketones is 1. The van der Waals surface area contributed by atoms with Crippen LogP contribution in [0.1, 0.15) is 45.5 Å². The van der Waals surface area contributed by atoms with Crippen molar-refractivity contribution in [3.05, 3.63) is 70.2 Å². The lowest BCUT2D eigenvalue weighted by Crippen LogP contribution is -2.43. The van der Waals surface area contributed by atoms with Gasteiger partial charge in [0.1, 0.15) is 0 Å². The van der Waals surface area contributed by atoms with E-state index in [0.29, 0.717) is 21.7 Å². The number of carbonyl (C=O) groups excluding carboxylic acids is 2. The van der Waals surface area contributed by atoms with Crippen molar-refractivity contribution in [3.63, 3.8) is 0 Å². The Hall–Kier alpha value is -2.17. The predicted octanol–water partition coefficient (Wildman–Crippen LogP) is 3.54. The van der Waals surface area contributed by atoms with Crippen molar-refractivity contribution < 1.29 is 9.59 Å². The second-order valence-corrected chi connectivity index (χ2v) is 7.41. The van der Waals surface area contributed by atoms with Crippen molar-refractivity contribution >= 4 is 23.3 Å². The standard InChI is InChI=1S/C21H21ClN2O2/c22-15-7-5-14(6-8-15)20(25)18-3-1-2-4-19(18)21(26)24-16-9-10-17(24)13-23-12-11-16/h1-8,16-17,23H,9-13H2. The lowest BCUT2D eigenvalue weighted by atomic mass is 9.97. The second-order valence-electron chi connectivity index (χ2n) is 6.97. The Morgan fingerprint density at radius 2 is 1.62 bits per heavy atom. The summed E-state index contributed by atoms with van der Waals surface area (Å²) in [6.07, 6.45) is 3.04. The maximum Gasteiger partial charge on any atom is 0.255 e. The van der Waals surface area contributed by atoms with Gasteiger partial charge in [-0.15, -0.1) is 0 Å². The quantitative estimate of drug-likeness (QED) is 0.843. The summed E-state index contributed by atoms with van der Waals surface area (Å²) in [5.41, 5.74) is 1.48. The minimum atomic E-state index is -0.147. The number of hydrogen-bond acceptors (Lipinski definition) is 3. The number of rotatable bonds is 3. The summed E-state index contributed by atoms with van der Waals surface area (Å²) in [5, 5.41) is 3.99. The van der Waals surface area contributed by atoms with Crippen molar-refractivity contribution in [2.45, 2.75) is 31.3 Å². The van der Waals surface area contributed by atoms with Gasteiger partial charge in [-0.05, 0) is 56.1 Å². The Morgan fingerprint density at radius 3 is 2.38 bits per heavy atom. The van der Waals surface area contributed by atoms with Gasteiger partial charge in [0.2, 0.25) is 0 Å². The van der Waals surface area contributed by atoms with Crippen LogP contribution >= 0.6 is 11.6 Å². The molecule has 0 radical (unpaired) electrons. The molecule has 4 rings (SSSR count). The Morgan fingerprint density at radius 1 is 0.923 bits per heavy atom. The van der Waals surface area contributed by atoms with Crippen molar-refractivity contribution in [1.82, 2.24) is 10.2 Å². The zero-order valence-corrected chi connectivity index (χ0v) is 15.2. The number of halogens is 1. The smallest absolute Gasteiger partial charge is 0.255 e. The first kappa shape index (κ1) is 17.3. The van der Waals surface area contributed by atoms with E-state index in [4.69, 9.17) is 11.6 Å². The van der Waals surface area contributed by atoms with E-state index in [-0.39, 0.29) is 23.8 Å². The van der Waals surface area contributed by atoms with Crippen LogP contribution in [-0.2, 0) is 0 Å². The fraction of sp³-hybridized carbons (Fsp3) is 0.333. The third kappa shape index (κ3) is 3.15. The number of amides is 1. The molecule has 26 heavy (non-hydrogen) atoms. The Bertz CT molecular complexity index is 820. The Balaban J connectivity index is 1.68. The molecule has 2 fully saturated rings. The van der Waals surface area contributed by atoms with Crippen LogP contribution in [0.25, 0.3) is 0 Å². The van der Waals surface area contributed by atoms with Crippen LogP contribution in [0.4, 0.5) is 0 Å². The van der Waals surface area contributed by atoms with Gasteiger partial charge in [0.15, 0.2) is 5.78 Å². The number of nitrogens with one attached hydrogen (secondary N) is 1. The molecule has 1 N–H and O–H groups in total. The molecule has 0 aliphatic carbocycles. The lowest BCUT2D eigenvalue weighted by Gasteiger charge is -2.28. The fourth-order valence-corrected chi connectivity index (χ4v) is 4.20. The number of fused-ring (bicyclic) bond motifs is 2. The second kappa shape index (κ2) is 7.22. The van der Waals surface area contributed by atoms with Gasteiger partial charge in [0.05, 0.1) is 5.56 Å². The molecule has 5 heteroatoms. The van der Waals surface area contributed by atoms with Gasteiger partial charge in [-0.3, -0.25) is 9.59 Å². The minimum Gasteiger partial charge on any atom is -0.331 e. The number of hydrogen-bond donors (Lipinski definition) is 1. The Labute approximate surface area is 158 Å². The number of nitrogens with zero attached hydrogens (tertiary/aromatic N) is 1. The highest BCUT2D eigenvalue weighted by Gasteiger charge is 2.39. The number of benzene rings is 2. The zero-order chi connectivity index (χ0) is 18.1. The van der Waals surface area contributed by atoms with Crippen LogP contribution in [0.3, 0.4) is 0 Å². The summed E-state index contributed by atoms with van der Waals surface area (Å²) < 4.78 is 0. The maximum absolute atomic E-state index is 13.3. The van der Waals surface area contributed by atoms with Gasteiger partial charge in [-0.25, -0.2) is 0 Å². The lowest BCUT2D eigenvalue weighted by molar-refractivity contribution is 0.0676. The van der Waals surface area contributed by atoms with Crippen LogP contribution in [0.5, 0.6) is 0 Å². The van der Waals surface area contributed by atoms with Gasteiger partial charge >= 0.3 is 0 Å². The highest BCUT2D eigenvalue weighted by atomic mass is 35.5. The van der Waals surface area contributed by atoms with Crippen LogP contribution in [-0.4, -0.2) is 41.8 Å². The maximum atomic E-state index is 13.3. The molecule has 1 amide bonds. The topological polar surface area (TPSA) is 49.4 Å². The van der Waals surface area contributed by atoms with E-state index in [1.807, 2.05) is 11.0 Å². The monoisotopic (exact) mass is 368 g/mol. The van der Waals surface area contributed by atoms with E-state index in [9.17, 15) is 9.59 Å². The van der Waals surface area contributed by atoms with Crippen molar-refractivity contribution in [1.29, 1.82) is 0 Å². The van der Waals surface area contributed by atoms with Crippen LogP contribution in [0.2, 0.25) is 5.02 Å². The predicted molar refractivity (Wildman–Crippen MR) is 102 cm³/mol. The molecule has 2 aromatic rings. The van der Waals surface area contributed by atoms with Crippen molar-refractivity contribution in [2.75, 3.05) is 13.1 Å². The van der Waals surface area contributed by atoms with E-state index in [1.54, 1.807) is 42.5 Å². The molecular weight excluding hydrogens is 348 g/mol. The first-order valence-corrected chi connectivity index (χ1v) is 9.45. The summed E-state index contributed by atoms with van der Waals surface area (Å²) in [6, 6.07) is 14.4. The van der Waals surface area contributed by atoms with E-state index < -0.39 is 0 Å². The molecule has 4 nitrogen and oxygen atoms in total. The average Bonchev–Trinajstić information content (AvgIpc) is 2.94. The molecule has 2 unspecified atom stereocenters. The molecule has 134 valence electrons. The fourth-order valence-electron chi connectivity index (χ4n) is 4.08. The first-order chi connectivity index (χ1) is 12.6. The molecule has 2 aliphatic rings. The highest BCUT2D eigenvalue weighted by molar-refractivity contribution is 6.30. The minimum absolute atomic E-state index is 0.0286. The molecule has 2 atom stereocenters. The van der Waals surface area contributed by atoms with Gasteiger partial charge < -0.3 is 10.2 Å². The summed E-state index contributed by atoms with van der Waals surface area (Å²) in [4.78, 5) is 28.3. The Kier molecular flexibility index (Phi) is 4.79. The van der Waals surface area contributed by atoms with Crippen molar-refractivity contribution in [2.24, 2.45) is 0 Å². The summed E-state index contributed by atoms with van der Waals surface area (Å²) in [5.74, 6) is -0.176. The van der Waals surface area contributed by atoms with E-state index in [0.717, 1.165) is 32.4 Å². The average molecular weight is 369 g/mol. The number of carbonyl (C=O) groups is 2. The van der Waals surface area contributed by atoms with Crippen LogP contribution < -0.4 is 5.32 Å². The third-order valence-electron chi connectivity index (χ3n) is 5.40. The molecule has 0 aromatic heterocycles. The zero-order valence-electron chi connectivity index (χ0n) is 14.5. The molecule has 2 heterocycles. The van der Waals surface area contributed by atoms with Crippen LogP contribution in [0, 0.1) is 0 Å². The van der Waals surface area contributed by atoms with Crippen LogP contribution in [0.15, 0.2) is 48.5 Å². The van der Waals surface area contributed by atoms with Gasteiger partial charge in [-0.1, -0.05) is 29.8 Å². The molecule has 0 spiro atoms.